The molecule has 4 nitrogen and oxygen atoms in total. The van der Waals surface area contributed by atoms with Gasteiger partial charge in [-0.15, -0.1) is 0 Å². The van der Waals surface area contributed by atoms with Crippen molar-refractivity contribution in [3.8, 4) is 11.8 Å². The first-order valence-corrected chi connectivity index (χ1v) is 7.08. The van der Waals surface area contributed by atoms with Gasteiger partial charge in [0, 0.05) is 5.69 Å². The molecule has 0 aromatic heterocycles. The highest BCUT2D eigenvalue weighted by Gasteiger charge is 2.14. The lowest BCUT2D eigenvalue weighted by Crippen LogP contribution is -2.30. The number of nitrogens with one attached hydrogen (secondary N) is 1. The molecule has 0 unspecified atom stereocenters. The lowest BCUT2D eigenvalue weighted by Gasteiger charge is -2.15. The van der Waals surface area contributed by atoms with Crippen LogP contribution in [0.5, 0.6) is 5.75 Å². The molecular weight excluding hydrogens is 276 g/mol. The fourth-order valence-corrected chi connectivity index (χ4v) is 1.92. The van der Waals surface area contributed by atoms with Crippen LogP contribution in [0.1, 0.15) is 18.1 Å². The van der Waals surface area contributed by atoms with E-state index in [1.54, 1.807) is 19.1 Å². The molecule has 0 spiro atoms. The summed E-state index contributed by atoms with van der Waals surface area (Å²) in [6, 6.07) is 16.9. The maximum atomic E-state index is 12.1. The molecule has 1 atom stereocenters. The van der Waals surface area contributed by atoms with Crippen LogP contribution in [0.4, 0.5) is 5.69 Å². The van der Waals surface area contributed by atoms with Crippen LogP contribution in [-0.4, -0.2) is 12.0 Å². The number of benzene rings is 2. The van der Waals surface area contributed by atoms with E-state index in [1.165, 1.54) is 0 Å². The lowest BCUT2D eigenvalue weighted by molar-refractivity contribution is -0.122. The Hall–Kier alpha value is -2.80. The summed E-state index contributed by atoms with van der Waals surface area (Å²) in [5.74, 6) is 0.450. The Balaban J connectivity index is 1.93. The Morgan fingerprint density at radius 1 is 1.18 bits per heavy atom. The van der Waals surface area contributed by atoms with Crippen molar-refractivity contribution >= 4 is 11.6 Å². The van der Waals surface area contributed by atoms with Crippen molar-refractivity contribution in [3.63, 3.8) is 0 Å². The maximum absolute atomic E-state index is 12.1. The van der Waals surface area contributed by atoms with Crippen molar-refractivity contribution in [1.82, 2.24) is 0 Å². The van der Waals surface area contributed by atoms with E-state index in [-0.39, 0.29) is 5.91 Å². The van der Waals surface area contributed by atoms with E-state index in [9.17, 15) is 4.79 Å². The molecule has 0 heterocycles. The van der Waals surface area contributed by atoms with Crippen molar-refractivity contribution in [1.29, 1.82) is 5.26 Å². The smallest absolute Gasteiger partial charge is 0.265 e. The second-order valence-electron chi connectivity index (χ2n) is 5.09. The van der Waals surface area contributed by atoms with Gasteiger partial charge in [0.2, 0.25) is 0 Å². The monoisotopic (exact) mass is 294 g/mol. The molecule has 0 aliphatic rings. The normalized spacial score (nSPS) is 11.3. The van der Waals surface area contributed by atoms with Crippen LogP contribution in [0.3, 0.4) is 0 Å². The highest BCUT2D eigenvalue weighted by molar-refractivity contribution is 5.94. The van der Waals surface area contributed by atoms with E-state index in [0.29, 0.717) is 17.9 Å². The summed E-state index contributed by atoms with van der Waals surface area (Å²) in [5, 5.41) is 11.4. The first kappa shape index (κ1) is 15.6. The molecule has 22 heavy (non-hydrogen) atoms. The van der Waals surface area contributed by atoms with Crippen molar-refractivity contribution in [2.45, 2.75) is 26.4 Å². The van der Waals surface area contributed by atoms with Crippen LogP contribution in [0.25, 0.3) is 0 Å². The molecule has 2 rings (SSSR count). The molecule has 2 aromatic carbocycles. The van der Waals surface area contributed by atoms with Gasteiger partial charge in [-0.25, -0.2) is 0 Å². The van der Waals surface area contributed by atoms with Gasteiger partial charge in [0.25, 0.3) is 5.91 Å². The van der Waals surface area contributed by atoms with E-state index in [4.69, 9.17) is 10.00 Å². The molecule has 1 amide bonds. The number of hydrogen-bond acceptors (Lipinski definition) is 3. The summed E-state index contributed by atoms with van der Waals surface area (Å²) >= 11 is 0. The Bertz CT molecular complexity index is 670. The Morgan fingerprint density at radius 3 is 2.41 bits per heavy atom. The molecule has 0 aliphatic carbocycles. The number of anilines is 1. The van der Waals surface area contributed by atoms with Crippen molar-refractivity contribution < 1.29 is 9.53 Å². The van der Waals surface area contributed by atoms with Gasteiger partial charge in [0.05, 0.1) is 12.5 Å². The number of amides is 1. The van der Waals surface area contributed by atoms with Gasteiger partial charge in [-0.1, -0.05) is 29.8 Å². The van der Waals surface area contributed by atoms with Crippen LogP contribution in [0, 0.1) is 18.3 Å². The summed E-state index contributed by atoms with van der Waals surface area (Å²) in [4.78, 5) is 12.1. The molecule has 4 heteroatoms. The van der Waals surface area contributed by atoms with Crippen molar-refractivity contribution in [2.24, 2.45) is 0 Å². The van der Waals surface area contributed by atoms with E-state index >= 15 is 0 Å². The quantitative estimate of drug-likeness (QED) is 0.918. The molecule has 2 aromatic rings. The fourth-order valence-electron chi connectivity index (χ4n) is 1.92. The summed E-state index contributed by atoms with van der Waals surface area (Å²) < 4.78 is 5.61. The number of carbonyl (C=O) groups excluding carboxylic acids is 1. The highest BCUT2D eigenvalue weighted by Crippen LogP contribution is 2.15. The fraction of sp³-hybridized carbons (Fsp3) is 0.222. The largest absolute Gasteiger partial charge is 0.481 e. The first-order chi connectivity index (χ1) is 10.6. The molecule has 0 saturated carbocycles. The van der Waals surface area contributed by atoms with E-state index in [1.807, 2.05) is 43.3 Å². The topological polar surface area (TPSA) is 62.1 Å². The number of nitriles is 1. The average Bonchev–Trinajstić information content (AvgIpc) is 2.51. The van der Waals surface area contributed by atoms with Gasteiger partial charge in [0.15, 0.2) is 6.10 Å². The molecule has 0 radical (unpaired) electrons. The van der Waals surface area contributed by atoms with Crippen LogP contribution in [0.2, 0.25) is 0 Å². The molecule has 112 valence electrons. The van der Waals surface area contributed by atoms with Crippen LogP contribution >= 0.6 is 0 Å². The van der Waals surface area contributed by atoms with Crippen molar-refractivity contribution in [2.75, 3.05) is 5.32 Å². The Labute approximate surface area is 130 Å². The highest BCUT2D eigenvalue weighted by atomic mass is 16.5. The average molecular weight is 294 g/mol. The maximum Gasteiger partial charge on any atom is 0.265 e. The molecular formula is C18H18N2O2. The zero-order chi connectivity index (χ0) is 15.9. The number of aryl methyl sites for hydroxylation is 1. The van der Waals surface area contributed by atoms with Gasteiger partial charge < -0.3 is 10.1 Å². The molecule has 1 N–H and O–H groups in total. The Morgan fingerprint density at radius 2 is 1.82 bits per heavy atom. The van der Waals surface area contributed by atoms with E-state index in [2.05, 4.69) is 11.4 Å². The van der Waals surface area contributed by atoms with Gasteiger partial charge in [-0.05, 0) is 43.7 Å². The number of hydrogen-bond donors (Lipinski definition) is 1. The molecule has 0 saturated heterocycles. The summed E-state index contributed by atoms with van der Waals surface area (Å²) in [6.07, 6.45) is -0.234. The minimum absolute atomic E-state index is 0.214. The second-order valence-corrected chi connectivity index (χ2v) is 5.09. The minimum atomic E-state index is -0.596. The van der Waals surface area contributed by atoms with Gasteiger partial charge in [-0.3, -0.25) is 4.79 Å². The molecule has 0 aliphatic heterocycles. The van der Waals surface area contributed by atoms with Crippen molar-refractivity contribution in [3.05, 3.63) is 59.7 Å². The number of carbonyl (C=O) groups is 1. The van der Waals surface area contributed by atoms with Gasteiger partial charge >= 0.3 is 0 Å². The van der Waals surface area contributed by atoms with Crippen LogP contribution in [0.15, 0.2) is 48.5 Å². The first-order valence-electron chi connectivity index (χ1n) is 7.08. The summed E-state index contributed by atoms with van der Waals surface area (Å²) in [7, 11) is 0. The predicted octanol–water partition coefficient (Wildman–Crippen LogP) is 3.47. The minimum Gasteiger partial charge on any atom is -0.481 e. The predicted molar refractivity (Wildman–Crippen MR) is 85.7 cm³/mol. The number of rotatable bonds is 5. The third-order valence-corrected chi connectivity index (χ3v) is 3.21. The standard InChI is InChI=1S/C18H18N2O2/c1-13-3-9-17(10-4-13)22-14(2)18(21)20-16-7-5-15(6-8-16)11-12-19/h3-10,14H,11H2,1-2H3,(H,20,21)/t14-/m0/s1. The third kappa shape index (κ3) is 4.35. The SMILES string of the molecule is Cc1ccc(O[C@@H](C)C(=O)Nc2ccc(CC#N)cc2)cc1. The van der Waals surface area contributed by atoms with E-state index < -0.39 is 6.10 Å². The van der Waals surface area contributed by atoms with Gasteiger partial charge in [-0.2, -0.15) is 5.26 Å². The van der Waals surface area contributed by atoms with E-state index in [0.717, 1.165) is 11.1 Å². The molecule has 0 fully saturated rings. The van der Waals surface area contributed by atoms with Gasteiger partial charge in [0.1, 0.15) is 5.75 Å². The molecule has 0 bridgehead atoms. The zero-order valence-electron chi connectivity index (χ0n) is 12.7. The second kappa shape index (κ2) is 7.28. The lowest BCUT2D eigenvalue weighted by atomic mass is 10.1. The Kier molecular flexibility index (Phi) is 5.16. The van der Waals surface area contributed by atoms with Crippen LogP contribution in [-0.2, 0) is 11.2 Å². The number of nitrogens with zero attached hydrogens (tertiary/aromatic N) is 1. The number of ether oxygens (including phenoxy) is 1. The van der Waals surface area contributed by atoms with Crippen LogP contribution < -0.4 is 10.1 Å². The third-order valence-electron chi connectivity index (χ3n) is 3.21. The zero-order valence-corrected chi connectivity index (χ0v) is 12.7. The summed E-state index contributed by atoms with van der Waals surface area (Å²) in [6.45, 7) is 3.70. The summed E-state index contributed by atoms with van der Waals surface area (Å²) in [5.41, 5.74) is 2.75.